The zero-order valence-corrected chi connectivity index (χ0v) is 17.0. The van der Waals surface area contributed by atoms with Crippen molar-refractivity contribution >= 4 is 25.8 Å². The van der Waals surface area contributed by atoms with Crippen LogP contribution in [0.2, 0.25) is 0 Å². The lowest BCUT2D eigenvalue weighted by Crippen LogP contribution is -2.07. The van der Waals surface area contributed by atoms with Gasteiger partial charge < -0.3 is 4.74 Å². The fourth-order valence-electron chi connectivity index (χ4n) is 3.49. The zero-order valence-electron chi connectivity index (χ0n) is 14.6. The highest BCUT2D eigenvalue weighted by atomic mass is 79.9. The van der Waals surface area contributed by atoms with Crippen molar-refractivity contribution in [3.63, 3.8) is 0 Å². The number of hydrogen-bond donors (Lipinski definition) is 0. The summed E-state index contributed by atoms with van der Waals surface area (Å²) in [6, 6.07) is 10.5. The summed E-state index contributed by atoms with van der Waals surface area (Å²) in [4.78, 5) is 0.556. The Bertz CT molecular complexity index is 857. The Morgan fingerprint density at radius 2 is 1.68 bits per heavy atom. The monoisotopic (exact) mass is 422 g/mol. The van der Waals surface area contributed by atoms with E-state index in [4.69, 9.17) is 4.74 Å². The van der Waals surface area contributed by atoms with Gasteiger partial charge in [0.05, 0.1) is 12.0 Å². The number of methoxy groups -OCH3 is 1. The second-order valence-corrected chi connectivity index (χ2v) is 9.41. The van der Waals surface area contributed by atoms with Gasteiger partial charge in [0.25, 0.3) is 0 Å². The predicted molar refractivity (Wildman–Crippen MR) is 103 cm³/mol. The van der Waals surface area contributed by atoms with Gasteiger partial charge in [-0.2, -0.15) is 0 Å². The van der Waals surface area contributed by atoms with Gasteiger partial charge in [-0.3, -0.25) is 0 Å². The fourth-order valence-corrected chi connectivity index (χ4v) is 5.21. The van der Waals surface area contributed by atoms with E-state index in [1.807, 2.05) is 12.1 Å². The van der Waals surface area contributed by atoms with Crippen molar-refractivity contribution < 1.29 is 13.2 Å². The summed E-state index contributed by atoms with van der Waals surface area (Å²) in [5.74, 6) is 1.15. The molecule has 1 atom stereocenters. The Labute approximate surface area is 158 Å². The molecule has 0 aliphatic heterocycles. The lowest BCUT2D eigenvalue weighted by atomic mass is 9.97. The number of halogens is 1. The average Bonchev–Trinajstić information content (AvgIpc) is 2.82. The van der Waals surface area contributed by atoms with Crippen molar-refractivity contribution in [1.82, 2.24) is 0 Å². The van der Waals surface area contributed by atoms with Gasteiger partial charge >= 0.3 is 0 Å². The molecule has 3 rings (SSSR count). The molecular weight excluding hydrogens is 400 g/mol. The maximum atomic E-state index is 13.1. The first-order valence-electron chi connectivity index (χ1n) is 8.66. The van der Waals surface area contributed by atoms with E-state index < -0.39 is 9.84 Å². The molecule has 25 heavy (non-hydrogen) atoms. The third-order valence-corrected chi connectivity index (χ3v) is 7.44. The normalized spacial score (nSPS) is 17.6. The molecule has 2 aromatic rings. The third kappa shape index (κ3) is 3.77. The third-order valence-electron chi connectivity index (χ3n) is 5.12. The second kappa shape index (κ2) is 7.50. The topological polar surface area (TPSA) is 43.4 Å². The van der Waals surface area contributed by atoms with Gasteiger partial charge in [-0.05, 0) is 79.1 Å². The number of sulfone groups is 1. The van der Waals surface area contributed by atoms with Gasteiger partial charge in [-0.25, -0.2) is 8.42 Å². The molecule has 0 fully saturated rings. The van der Waals surface area contributed by atoms with E-state index in [2.05, 4.69) is 22.9 Å². The number of aryl methyl sites for hydroxylation is 2. The van der Waals surface area contributed by atoms with Crippen LogP contribution in [-0.4, -0.2) is 15.5 Å². The van der Waals surface area contributed by atoms with Gasteiger partial charge in [0, 0.05) is 4.47 Å². The van der Waals surface area contributed by atoms with E-state index in [0.717, 1.165) is 35.7 Å². The van der Waals surface area contributed by atoms with Crippen molar-refractivity contribution in [2.45, 2.75) is 48.8 Å². The summed E-state index contributed by atoms with van der Waals surface area (Å²) in [6.07, 6.45) is 5.37. The number of ether oxygens (including phenoxy) is 1. The number of benzene rings is 2. The smallest absolute Gasteiger partial charge is 0.210 e. The highest BCUT2D eigenvalue weighted by molar-refractivity contribution is 9.10. The largest absolute Gasteiger partial charge is 0.495 e. The molecule has 1 aliphatic rings. The maximum absolute atomic E-state index is 13.1. The highest BCUT2D eigenvalue weighted by Gasteiger charge is 2.25. The minimum absolute atomic E-state index is 0.269. The summed E-state index contributed by atoms with van der Waals surface area (Å²) in [7, 11) is -2.07. The van der Waals surface area contributed by atoms with Crippen molar-refractivity contribution in [3.8, 4) is 5.75 Å². The summed E-state index contributed by atoms with van der Waals surface area (Å²) >= 11 is 3.35. The van der Waals surface area contributed by atoms with Crippen LogP contribution < -0.4 is 4.74 Å². The average molecular weight is 423 g/mol. The SMILES string of the molecule is CCC1CCc2cc(OC)c(S(=O)(=O)c3ccc(Br)cc3)cc2CC1. The molecule has 0 amide bonds. The first kappa shape index (κ1) is 18.5. The van der Waals surface area contributed by atoms with Gasteiger partial charge in [0.1, 0.15) is 10.6 Å². The van der Waals surface area contributed by atoms with E-state index in [9.17, 15) is 8.42 Å². The lowest BCUT2D eigenvalue weighted by molar-refractivity contribution is 0.402. The van der Waals surface area contributed by atoms with Crippen LogP contribution in [0.15, 0.2) is 50.7 Å². The van der Waals surface area contributed by atoms with Crippen LogP contribution in [0.5, 0.6) is 5.75 Å². The summed E-state index contributed by atoms with van der Waals surface area (Å²) in [5.41, 5.74) is 2.37. The van der Waals surface area contributed by atoms with Crippen molar-refractivity contribution in [3.05, 3.63) is 52.0 Å². The Hall–Kier alpha value is -1.33. The van der Waals surface area contributed by atoms with Gasteiger partial charge in [-0.1, -0.05) is 29.3 Å². The van der Waals surface area contributed by atoms with E-state index in [0.29, 0.717) is 11.7 Å². The molecule has 3 nitrogen and oxygen atoms in total. The quantitative estimate of drug-likeness (QED) is 0.636. The van der Waals surface area contributed by atoms with Gasteiger partial charge in [-0.15, -0.1) is 0 Å². The van der Waals surface area contributed by atoms with Gasteiger partial charge in [0.15, 0.2) is 0 Å². The number of fused-ring (bicyclic) bond motifs is 1. The standard InChI is InChI=1S/C20H23BrO3S/c1-3-14-4-6-15-12-19(24-2)20(13-16(15)7-5-14)25(22,23)18-10-8-17(21)9-11-18/h8-14H,3-7H2,1-2H3. The molecule has 0 N–H and O–H groups in total. The van der Waals surface area contributed by atoms with Crippen molar-refractivity contribution in [1.29, 1.82) is 0 Å². The second-order valence-electron chi connectivity index (χ2n) is 6.58. The van der Waals surface area contributed by atoms with Crippen LogP contribution in [0.4, 0.5) is 0 Å². The molecule has 0 aromatic heterocycles. The Morgan fingerprint density at radius 3 is 2.24 bits per heavy atom. The molecule has 5 heteroatoms. The molecule has 134 valence electrons. The summed E-state index contributed by atoms with van der Waals surface area (Å²) in [5, 5.41) is 0. The minimum atomic E-state index is -3.61. The van der Waals surface area contributed by atoms with E-state index in [1.165, 1.54) is 19.1 Å². The molecule has 0 bridgehead atoms. The first-order chi connectivity index (χ1) is 12.0. The Kier molecular flexibility index (Phi) is 5.54. The predicted octanol–water partition coefficient (Wildman–Crippen LogP) is 5.20. The van der Waals surface area contributed by atoms with Crippen LogP contribution in [0.25, 0.3) is 0 Å². The Morgan fingerprint density at radius 1 is 1.08 bits per heavy atom. The molecule has 1 unspecified atom stereocenters. The van der Waals surface area contributed by atoms with Crippen molar-refractivity contribution in [2.75, 3.05) is 7.11 Å². The van der Waals surface area contributed by atoms with Crippen LogP contribution in [0, 0.1) is 5.92 Å². The molecule has 2 aromatic carbocycles. The zero-order chi connectivity index (χ0) is 18.0. The molecule has 0 heterocycles. The van der Waals surface area contributed by atoms with Crippen LogP contribution in [0.1, 0.15) is 37.3 Å². The summed E-state index contributed by atoms with van der Waals surface area (Å²) < 4.78 is 32.5. The van der Waals surface area contributed by atoms with E-state index in [1.54, 1.807) is 24.3 Å². The molecule has 0 saturated heterocycles. The number of hydrogen-bond acceptors (Lipinski definition) is 3. The minimum Gasteiger partial charge on any atom is -0.495 e. The van der Waals surface area contributed by atoms with Gasteiger partial charge in [0.2, 0.25) is 9.84 Å². The number of rotatable bonds is 4. The molecular formula is C20H23BrO3S. The van der Waals surface area contributed by atoms with Crippen LogP contribution in [-0.2, 0) is 22.7 Å². The van der Waals surface area contributed by atoms with Crippen molar-refractivity contribution in [2.24, 2.45) is 5.92 Å². The van der Waals surface area contributed by atoms with Crippen LogP contribution in [0.3, 0.4) is 0 Å². The Balaban J connectivity index is 2.07. The van der Waals surface area contributed by atoms with E-state index in [-0.39, 0.29) is 9.79 Å². The van der Waals surface area contributed by atoms with E-state index >= 15 is 0 Å². The molecule has 0 radical (unpaired) electrons. The lowest BCUT2D eigenvalue weighted by Gasteiger charge is -2.14. The maximum Gasteiger partial charge on any atom is 0.210 e. The summed E-state index contributed by atoms with van der Waals surface area (Å²) in [6.45, 7) is 2.23. The van der Waals surface area contributed by atoms with Crippen LogP contribution >= 0.6 is 15.9 Å². The first-order valence-corrected chi connectivity index (χ1v) is 10.9. The molecule has 0 saturated carbocycles. The molecule has 0 spiro atoms. The highest BCUT2D eigenvalue weighted by Crippen LogP contribution is 2.36. The molecule has 1 aliphatic carbocycles. The fraction of sp³-hybridized carbons (Fsp3) is 0.400.